The molecule has 0 unspecified atom stereocenters. The topological polar surface area (TPSA) is 72.7 Å². The van der Waals surface area contributed by atoms with Gasteiger partial charge in [0.2, 0.25) is 0 Å². The van der Waals surface area contributed by atoms with Gasteiger partial charge in [-0.05, 0) is 40.8 Å². The SMILES string of the molecule is O=C(Nc1cccc(-n2cnnn2)c1)c1ccccc1C(F)(F)F. The molecule has 0 aliphatic carbocycles. The summed E-state index contributed by atoms with van der Waals surface area (Å²) < 4.78 is 40.3. The minimum absolute atomic E-state index is 0.324. The number of halogens is 3. The summed E-state index contributed by atoms with van der Waals surface area (Å²) in [6, 6.07) is 11.0. The predicted molar refractivity (Wildman–Crippen MR) is 78.6 cm³/mol. The Morgan fingerprint density at radius 3 is 2.58 bits per heavy atom. The normalized spacial score (nSPS) is 11.3. The maximum Gasteiger partial charge on any atom is 0.417 e. The molecule has 0 aliphatic rings. The Labute approximate surface area is 133 Å². The lowest BCUT2D eigenvalue weighted by molar-refractivity contribution is -0.137. The van der Waals surface area contributed by atoms with Crippen LogP contribution < -0.4 is 5.32 Å². The molecule has 0 aliphatic heterocycles. The van der Waals surface area contributed by atoms with Gasteiger partial charge in [0.1, 0.15) is 6.33 Å². The Kier molecular flexibility index (Phi) is 3.98. The largest absolute Gasteiger partial charge is 0.417 e. The summed E-state index contributed by atoms with van der Waals surface area (Å²) in [4.78, 5) is 12.2. The lowest BCUT2D eigenvalue weighted by atomic mass is 10.1. The molecular formula is C15H10F3N5O. The molecule has 2 aromatic carbocycles. The van der Waals surface area contributed by atoms with Gasteiger partial charge in [0.15, 0.2) is 0 Å². The minimum Gasteiger partial charge on any atom is -0.322 e. The fourth-order valence-electron chi connectivity index (χ4n) is 2.13. The highest BCUT2D eigenvalue weighted by molar-refractivity contribution is 6.05. The molecule has 122 valence electrons. The van der Waals surface area contributed by atoms with Crippen LogP contribution in [-0.4, -0.2) is 26.1 Å². The van der Waals surface area contributed by atoms with E-state index in [0.29, 0.717) is 11.4 Å². The second-order valence-corrected chi connectivity index (χ2v) is 4.80. The highest BCUT2D eigenvalue weighted by Gasteiger charge is 2.34. The van der Waals surface area contributed by atoms with E-state index in [0.717, 1.165) is 12.1 Å². The Morgan fingerprint density at radius 1 is 1.08 bits per heavy atom. The van der Waals surface area contributed by atoms with E-state index in [1.165, 1.54) is 23.1 Å². The highest BCUT2D eigenvalue weighted by Crippen LogP contribution is 2.32. The molecule has 0 fully saturated rings. The number of tetrazole rings is 1. The molecule has 0 bridgehead atoms. The van der Waals surface area contributed by atoms with Crippen molar-refractivity contribution < 1.29 is 18.0 Å². The molecule has 1 aromatic heterocycles. The van der Waals surface area contributed by atoms with Crippen LogP contribution in [0.3, 0.4) is 0 Å². The molecule has 1 amide bonds. The first-order valence-corrected chi connectivity index (χ1v) is 6.76. The van der Waals surface area contributed by atoms with E-state index in [-0.39, 0.29) is 0 Å². The smallest absolute Gasteiger partial charge is 0.322 e. The number of carbonyl (C=O) groups is 1. The number of benzene rings is 2. The van der Waals surface area contributed by atoms with Crippen LogP contribution in [0.1, 0.15) is 15.9 Å². The summed E-state index contributed by atoms with van der Waals surface area (Å²) in [6.07, 6.45) is -3.25. The molecule has 0 spiro atoms. The highest BCUT2D eigenvalue weighted by atomic mass is 19.4. The number of hydrogen-bond acceptors (Lipinski definition) is 4. The van der Waals surface area contributed by atoms with E-state index >= 15 is 0 Å². The fourth-order valence-corrected chi connectivity index (χ4v) is 2.13. The van der Waals surface area contributed by atoms with E-state index in [4.69, 9.17) is 0 Å². The molecule has 0 saturated carbocycles. The van der Waals surface area contributed by atoms with Gasteiger partial charge in [0.05, 0.1) is 16.8 Å². The van der Waals surface area contributed by atoms with Crippen LogP contribution in [0, 0.1) is 0 Å². The van der Waals surface area contributed by atoms with Gasteiger partial charge in [0.25, 0.3) is 5.91 Å². The second kappa shape index (κ2) is 6.11. The van der Waals surface area contributed by atoms with Gasteiger partial charge in [-0.3, -0.25) is 4.79 Å². The second-order valence-electron chi connectivity index (χ2n) is 4.80. The third-order valence-electron chi connectivity index (χ3n) is 3.19. The van der Waals surface area contributed by atoms with Crippen LogP contribution in [0.4, 0.5) is 18.9 Å². The number of nitrogens with zero attached hydrogens (tertiary/aromatic N) is 4. The zero-order valence-corrected chi connectivity index (χ0v) is 12.0. The van der Waals surface area contributed by atoms with E-state index in [9.17, 15) is 18.0 Å². The number of alkyl halides is 3. The summed E-state index contributed by atoms with van der Waals surface area (Å²) in [5, 5.41) is 13.1. The van der Waals surface area contributed by atoms with Gasteiger partial charge < -0.3 is 5.32 Å². The molecule has 6 nitrogen and oxygen atoms in total. The molecule has 0 atom stereocenters. The third-order valence-corrected chi connectivity index (χ3v) is 3.19. The molecular weight excluding hydrogens is 323 g/mol. The van der Waals surface area contributed by atoms with Crippen molar-refractivity contribution in [1.82, 2.24) is 20.2 Å². The predicted octanol–water partition coefficient (Wildman–Crippen LogP) is 2.93. The van der Waals surface area contributed by atoms with Gasteiger partial charge >= 0.3 is 6.18 Å². The van der Waals surface area contributed by atoms with E-state index < -0.39 is 23.2 Å². The van der Waals surface area contributed by atoms with E-state index in [1.54, 1.807) is 24.3 Å². The summed E-state index contributed by atoms with van der Waals surface area (Å²) in [7, 11) is 0. The van der Waals surface area contributed by atoms with Gasteiger partial charge in [-0.2, -0.15) is 13.2 Å². The first-order valence-electron chi connectivity index (χ1n) is 6.76. The van der Waals surface area contributed by atoms with Crippen molar-refractivity contribution in [1.29, 1.82) is 0 Å². The summed E-state index contributed by atoms with van der Waals surface area (Å²) in [6.45, 7) is 0. The number of nitrogens with one attached hydrogen (secondary N) is 1. The molecule has 9 heteroatoms. The first-order chi connectivity index (χ1) is 11.4. The quantitative estimate of drug-likeness (QED) is 0.800. The Balaban J connectivity index is 1.88. The van der Waals surface area contributed by atoms with Crippen molar-refractivity contribution in [2.75, 3.05) is 5.32 Å². The van der Waals surface area contributed by atoms with Crippen LogP contribution in [0.25, 0.3) is 5.69 Å². The average molecular weight is 333 g/mol. The van der Waals surface area contributed by atoms with Crippen molar-refractivity contribution >= 4 is 11.6 Å². The Morgan fingerprint density at radius 2 is 1.88 bits per heavy atom. The maximum atomic E-state index is 13.0. The molecule has 0 radical (unpaired) electrons. The molecule has 3 aromatic rings. The van der Waals surface area contributed by atoms with Crippen molar-refractivity contribution in [3.63, 3.8) is 0 Å². The van der Waals surface area contributed by atoms with E-state index in [1.807, 2.05) is 0 Å². The van der Waals surface area contributed by atoms with E-state index in [2.05, 4.69) is 20.8 Å². The third kappa shape index (κ3) is 3.24. The number of carbonyl (C=O) groups excluding carboxylic acids is 1. The van der Waals surface area contributed by atoms with Crippen LogP contribution >= 0.6 is 0 Å². The lowest BCUT2D eigenvalue weighted by Crippen LogP contribution is -2.18. The van der Waals surface area contributed by atoms with Crippen LogP contribution in [0.2, 0.25) is 0 Å². The fraction of sp³-hybridized carbons (Fsp3) is 0.0667. The standard InChI is InChI=1S/C15H10F3N5O/c16-15(17,18)13-7-2-1-6-12(13)14(24)20-10-4-3-5-11(8-10)23-9-19-21-22-23/h1-9H,(H,20,24). The van der Waals surface area contributed by atoms with Crippen LogP contribution in [0.15, 0.2) is 54.9 Å². The van der Waals surface area contributed by atoms with Gasteiger partial charge in [-0.25, -0.2) is 4.68 Å². The monoisotopic (exact) mass is 333 g/mol. The summed E-state index contributed by atoms with van der Waals surface area (Å²) >= 11 is 0. The zero-order chi connectivity index (χ0) is 17.2. The number of hydrogen-bond donors (Lipinski definition) is 1. The molecule has 1 N–H and O–H groups in total. The minimum atomic E-state index is -4.61. The zero-order valence-electron chi connectivity index (χ0n) is 12.0. The number of amides is 1. The number of rotatable bonds is 3. The maximum absolute atomic E-state index is 13.0. The van der Waals surface area contributed by atoms with Gasteiger partial charge in [-0.1, -0.05) is 18.2 Å². The Hall–Kier alpha value is -3.23. The van der Waals surface area contributed by atoms with Crippen LogP contribution in [-0.2, 0) is 6.18 Å². The van der Waals surface area contributed by atoms with Crippen molar-refractivity contribution in [2.45, 2.75) is 6.18 Å². The molecule has 1 heterocycles. The summed E-state index contributed by atoms with van der Waals surface area (Å²) in [5.74, 6) is -0.850. The number of aromatic nitrogens is 4. The molecule has 3 rings (SSSR count). The van der Waals surface area contributed by atoms with Crippen LogP contribution in [0.5, 0.6) is 0 Å². The lowest BCUT2D eigenvalue weighted by Gasteiger charge is -2.13. The number of anilines is 1. The Bertz CT molecular complexity index is 862. The molecule has 0 saturated heterocycles. The van der Waals surface area contributed by atoms with Gasteiger partial charge in [0, 0.05) is 5.69 Å². The van der Waals surface area contributed by atoms with Crippen molar-refractivity contribution in [3.8, 4) is 5.69 Å². The first kappa shape index (κ1) is 15.7. The average Bonchev–Trinajstić information content (AvgIpc) is 3.09. The van der Waals surface area contributed by atoms with Crippen molar-refractivity contribution in [3.05, 3.63) is 66.0 Å². The summed E-state index contributed by atoms with van der Waals surface area (Å²) in [5.41, 5.74) is -0.552. The molecule has 24 heavy (non-hydrogen) atoms. The van der Waals surface area contributed by atoms with Crippen molar-refractivity contribution in [2.24, 2.45) is 0 Å². The van der Waals surface area contributed by atoms with Gasteiger partial charge in [-0.15, -0.1) is 5.10 Å².